The highest BCUT2D eigenvalue weighted by Crippen LogP contribution is 2.41. The molecule has 0 atom stereocenters. The molecule has 1 aliphatic rings. The zero-order valence-electron chi connectivity index (χ0n) is 15.2. The van der Waals surface area contributed by atoms with Crippen molar-refractivity contribution in [1.29, 1.82) is 0 Å². The van der Waals surface area contributed by atoms with Crippen LogP contribution in [-0.4, -0.2) is 21.6 Å². The Kier molecular flexibility index (Phi) is 6.37. The van der Waals surface area contributed by atoms with Gasteiger partial charge in [0.25, 0.3) is 0 Å². The quantitative estimate of drug-likeness (QED) is 0.706. The molecule has 0 aliphatic heterocycles. The molecule has 142 valence electrons. The van der Waals surface area contributed by atoms with Gasteiger partial charge in [-0.25, -0.2) is 13.1 Å². The minimum Gasteiger partial charge on any atom is -0.494 e. The second kappa shape index (κ2) is 8.55. The van der Waals surface area contributed by atoms with E-state index in [0.29, 0.717) is 23.8 Å². The molecule has 1 aromatic heterocycles. The van der Waals surface area contributed by atoms with Crippen LogP contribution < -0.4 is 9.46 Å². The van der Waals surface area contributed by atoms with Crippen molar-refractivity contribution in [2.45, 2.75) is 55.8 Å². The highest BCUT2D eigenvalue weighted by Gasteiger charge is 2.36. The van der Waals surface area contributed by atoms with Gasteiger partial charge in [0.05, 0.1) is 11.5 Å². The first-order chi connectivity index (χ1) is 12.6. The molecule has 6 heteroatoms. The molecular weight excluding hydrogens is 366 g/mol. The summed E-state index contributed by atoms with van der Waals surface area (Å²) in [6.07, 6.45) is 6.55. The average Bonchev–Trinajstić information content (AvgIpc) is 3.21. The van der Waals surface area contributed by atoms with E-state index in [9.17, 15) is 8.42 Å². The average molecular weight is 394 g/mol. The van der Waals surface area contributed by atoms with Crippen LogP contribution in [0.4, 0.5) is 0 Å². The Morgan fingerprint density at radius 1 is 1.12 bits per heavy atom. The van der Waals surface area contributed by atoms with Crippen LogP contribution in [0.3, 0.4) is 0 Å². The summed E-state index contributed by atoms with van der Waals surface area (Å²) in [5, 5.41) is 2.08. The first kappa shape index (κ1) is 19.4. The van der Waals surface area contributed by atoms with Crippen LogP contribution in [0.5, 0.6) is 5.75 Å². The van der Waals surface area contributed by atoms with Gasteiger partial charge in [-0.15, -0.1) is 11.3 Å². The zero-order chi connectivity index (χ0) is 18.5. The minimum absolute atomic E-state index is 0.0658. The second-order valence-corrected chi connectivity index (χ2v) is 9.68. The summed E-state index contributed by atoms with van der Waals surface area (Å²) in [4.78, 5) is 1.58. The van der Waals surface area contributed by atoms with Crippen molar-refractivity contribution >= 4 is 21.4 Å². The van der Waals surface area contributed by atoms with Gasteiger partial charge in [-0.1, -0.05) is 32.3 Å². The summed E-state index contributed by atoms with van der Waals surface area (Å²) in [5.74, 6) is 0.702. The molecule has 4 nitrogen and oxygen atoms in total. The summed E-state index contributed by atoms with van der Waals surface area (Å²) in [6, 6.07) is 10.9. The maximum absolute atomic E-state index is 12.8. The molecule has 0 spiro atoms. The van der Waals surface area contributed by atoms with Crippen LogP contribution in [-0.2, 0) is 15.4 Å². The number of hydrogen-bond acceptors (Lipinski definition) is 4. The first-order valence-corrected chi connectivity index (χ1v) is 11.7. The van der Waals surface area contributed by atoms with Crippen LogP contribution in [0, 0.1) is 0 Å². The van der Waals surface area contributed by atoms with E-state index in [4.69, 9.17) is 4.74 Å². The maximum Gasteiger partial charge on any atom is 0.240 e. The number of thiophene rings is 1. The van der Waals surface area contributed by atoms with E-state index >= 15 is 0 Å². The van der Waals surface area contributed by atoms with Crippen molar-refractivity contribution in [3.63, 3.8) is 0 Å². The van der Waals surface area contributed by atoms with Crippen molar-refractivity contribution in [3.05, 3.63) is 46.7 Å². The van der Waals surface area contributed by atoms with Crippen LogP contribution in [0.15, 0.2) is 46.7 Å². The molecule has 2 aromatic rings. The minimum atomic E-state index is -3.53. The van der Waals surface area contributed by atoms with Crippen LogP contribution in [0.25, 0.3) is 0 Å². The maximum atomic E-state index is 12.8. The summed E-state index contributed by atoms with van der Waals surface area (Å²) in [7, 11) is -3.53. The molecule has 1 saturated carbocycles. The number of rotatable bonds is 8. The van der Waals surface area contributed by atoms with Crippen LogP contribution in [0.2, 0.25) is 0 Å². The standard InChI is InChI=1S/C20H27NO3S2/c1-2-14-24-17-8-10-18(11-9-17)26(22,23)21-16-20(12-4-3-5-13-20)19-7-6-15-25-19/h6-11,15,21H,2-5,12-14,16H2,1H3. The van der Waals surface area contributed by atoms with Gasteiger partial charge in [-0.05, 0) is 55.0 Å². The third kappa shape index (κ3) is 4.48. The Hall–Kier alpha value is -1.37. The topological polar surface area (TPSA) is 55.4 Å². The molecule has 0 unspecified atom stereocenters. The Morgan fingerprint density at radius 2 is 1.85 bits per heavy atom. The van der Waals surface area contributed by atoms with Gasteiger partial charge in [0.15, 0.2) is 0 Å². The zero-order valence-corrected chi connectivity index (χ0v) is 16.9. The van der Waals surface area contributed by atoms with Gasteiger partial charge in [-0.3, -0.25) is 0 Å². The highest BCUT2D eigenvalue weighted by molar-refractivity contribution is 7.89. The van der Waals surface area contributed by atoms with Gasteiger partial charge in [0.2, 0.25) is 10.0 Å². The molecule has 1 aromatic carbocycles. The Labute approximate surface area is 160 Å². The van der Waals surface area contributed by atoms with Crippen molar-refractivity contribution in [3.8, 4) is 5.75 Å². The molecule has 1 heterocycles. The molecule has 1 aliphatic carbocycles. The van der Waals surface area contributed by atoms with E-state index in [0.717, 1.165) is 32.1 Å². The lowest BCUT2D eigenvalue weighted by molar-refractivity contribution is 0.298. The lowest BCUT2D eigenvalue weighted by Gasteiger charge is -2.36. The van der Waals surface area contributed by atoms with Crippen molar-refractivity contribution in [2.75, 3.05) is 13.2 Å². The normalized spacial score (nSPS) is 17.1. The molecule has 26 heavy (non-hydrogen) atoms. The second-order valence-electron chi connectivity index (χ2n) is 6.96. The third-order valence-electron chi connectivity index (χ3n) is 5.06. The summed E-state index contributed by atoms with van der Waals surface area (Å²) in [6.45, 7) is 3.13. The predicted octanol–water partition coefficient (Wildman–Crippen LogP) is 4.72. The van der Waals surface area contributed by atoms with E-state index < -0.39 is 10.0 Å². The van der Waals surface area contributed by atoms with Gasteiger partial charge < -0.3 is 4.74 Å². The lowest BCUT2D eigenvalue weighted by atomic mass is 9.73. The van der Waals surface area contributed by atoms with Gasteiger partial charge in [-0.2, -0.15) is 0 Å². The first-order valence-electron chi connectivity index (χ1n) is 9.32. The van der Waals surface area contributed by atoms with E-state index in [-0.39, 0.29) is 5.41 Å². The number of nitrogens with one attached hydrogen (secondary N) is 1. The van der Waals surface area contributed by atoms with Crippen LogP contribution in [0.1, 0.15) is 50.3 Å². The fraction of sp³-hybridized carbons (Fsp3) is 0.500. The summed E-state index contributed by atoms with van der Waals surface area (Å²) >= 11 is 1.73. The van der Waals surface area contributed by atoms with Gasteiger partial charge >= 0.3 is 0 Å². The van der Waals surface area contributed by atoms with Gasteiger partial charge in [0, 0.05) is 16.8 Å². The smallest absolute Gasteiger partial charge is 0.240 e. The Bertz CT molecular complexity index is 777. The molecule has 1 N–H and O–H groups in total. The van der Waals surface area contributed by atoms with E-state index in [1.165, 1.54) is 11.3 Å². The van der Waals surface area contributed by atoms with E-state index in [1.807, 2.05) is 6.92 Å². The predicted molar refractivity (Wildman–Crippen MR) is 106 cm³/mol. The fourth-order valence-corrected chi connectivity index (χ4v) is 5.69. The number of ether oxygens (including phenoxy) is 1. The molecule has 0 bridgehead atoms. The molecule has 0 saturated heterocycles. The number of sulfonamides is 1. The van der Waals surface area contributed by atoms with Crippen LogP contribution >= 0.6 is 11.3 Å². The van der Waals surface area contributed by atoms with Gasteiger partial charge in [0.1, 0.15) is 5.75 Å². The summed E-state index contributed by atoms with van der Waals surface area (Å²) in [5.41, 5.74) is -0.0658. The lowest BCUT2D eigenvalue weighted by Crippen LogP contribution is -2.41. The molecule has 0 amide bonds. The molecular formula is C20H27NO3S2. The number of benzene rings is 1. The molecule has 0 radical (unpaired) electrons. The SMILES string of the molecule is CCCOc1ccc(S(=O)(=O)NCC2(c3cccs3)CCCCC2)cc1. The van der Waals surface area contributed by atoms with Crippen molar-refractivity contribution in [1.82, 2.24) is 4.72 Å². The van der Waals surface area contributed by atoms with Crippen molar-refractivity contribution in [2.24, 2.45) is 0 Å². The van der Waals surface area contributed by atoms with E-state index in [1.54, 1.807) is 35.6 Å². The third-order valence-corrected chi connectivity index (χ3v) is 7.60. The molecule has 3 rings (SSSR count). The fourth-order valence-electron chi connectivity index (χ4n) is 3.57. The van der Waals surface area contributed by atoms with E-state index in [2.05, 4.69) is 22.2 Å². The number of hydrogen-bond donors (Lipinski definition) is 1. The largest absolute Gasteiger partial charge is 0.494 e. The Balaban J connectivity index is 1.72. The summed E-state index contributed by atoms with van der Waals surface area (Å²) < 4.78 is 33.9. The van der Waals surface area contributed by atoms with Crippen molar-refractivity contribution < 1.29 is 13.2 Å². The highest BCUT2D eigenvalue weighted by atomic mass is 32.2. The Morgan fingerprint density at radius 3 is 2.46 bits per heavy atom. The molecule has 1 fully saturated rings. The monoisotopic (exact) mass is 393 g/mol.